The van der Waals surface area contributed by atoms with Crippen molar-refractivity contribution in [3.63, 3.8) is 0 Å². The molecular weight excluding hydrogens is 448 g/mol. The van der Waals surface area contributed by atoms with E-state index in [0.29, 0.717) is 6.61 Å². The number of rotatable bonds is 7. The van der Waals surface area contributed by atoms with Crippen molar-refractivity contribution < 1.29 is 9.47 Å². The summed E-state index contributed by atoms with van der Waals surface area (Å²) >= 11 is 1.77. The molecule has 176 valence electrons. The van der Waals surface area contributed by atoms with Crippen molar-refractivity contribution in [1.82, 2.24) is 0 Å². The molecule has 0 saturated carbocycles. The zero-order chi connectivity index (χ0) is 24.3. The van der Waals surface area contributed by atoms with E-state index in [4.69, 9.17) is 9.47 Å². The summed E-state index contributed by atoms with van der Waals surface area (Å²) < 4.78 is 13.7. The Morgan fingerprint density at radius 3 is 2.03 bits per heavy atom. The standard InChI is InChI=1S/C32H30O2S/c1-32(2,3)21-23-13-15-25(16-14-23)31-30(28-11-7-8-12-29(28)35-31)34-27-19-17-26(18-20-27)33-22-24-9-5-4-6-10-24/h4-20H,21-22H2,1-3H3. The van der Waals surface area contributed by atoms with E-state index in [1.54, 1.807) is 11.3 Å². The molecule has 0 bridgehead atoms. The fraction of sp³-hybridized carbons (Fsp3) is 0.188. The number of ether oxygens (including phenoxy) is 2. The topological polar surface area (TPSA) is 18.5 Å². The van der Waals surface area contributed by atoms with Gasteiger partial charge in [0.05, 0.1) is 4.88 Å². The Bertz CT molecular complexity index is 1390. The number of hydrogen-bond donors (Lipinski definition) is 0. The minimum absolute atomic E-state index is 0.268. The molecule has 1 aromatic heterocycles. The predicted octanol–water partition coefficient (Wildman–Crippen LogP) is 9.53. The molecule has 0 N–H and O–H groups in total. The van der Waals surface area contributed by atoms with E-state index in [1.165, 1.54) is 15.8 Å². The smallest absolute Gasteiger partial charge is 0.153 e. The van der Waals surface area contributed by atoms with Crippen LogP contribution >= 0.6 is 11.3 Å². The van der Waals surface area contributed by atoms with Crippen LogP contribution in [-0.4, -0.2) is 0 Å². The Hall–Kier alpha value is -3.56. The van der Waals surface area contributed by atoms with Crippen LogP contribution in [0, 0.1) is 5.41 Å². The molecule has 0 saturated heterocycles. The van der Waals surface area contributed by atoms with E-state index in [1.807, 2.05) is 42.5 Å². The molecule has 5 aromatic rings. The van der Waals surface area contributed by atoms with Gasteiger partial charge in [-0.15, -0.1) is 11.3 Å². The number of fused-ring (bicyclic) bond motifs is 1. The molecule has 3 heteroatoms. The van der Waals surface area contributed by atoms with Crippen LogP contribution in [0.1, 0.15) is 31.9 Å². The summed E-state index contributed by atoms with van der Waals surface area (Å²) in [4.78, 5) is 1.15. The molecule has 0 fully saturated rings. The molecule has 0 aliphatic rings. The fourth-order valence-corrected chi connectivity index (χ4v) is 5.30. The number of benzene rings is 4. The maximum absolute atomic E-state index is 6.50. The highest BCUT2D eigenvalue weighted by Crippen LogP contribution is 2.46. The SMILES string of the molecule is CC(C)(C)Cc1ccc(-c2sc3ccccc3c2Oc2ccc(OCc3ccccc3)cc2)cc1. The largest absolute Gasteiger partial charge is 0.489 e. The zero-order valence-electron chi connectivity index (χ0n) is 20.5. The van der Waals surface area contributed by atoms with Gasteiger partial charge in [-0.05, 0) is 64.9 Å². The molecule has 4 aromatic carbocycles. The van der Waals surface area contributed by atoms with Gasteiger partial charge in [-0.25, -0.2) is 0 Å². The average molecular weight is 479 g/mol. The molecule has 0 radical (unpaired) electrons. The fourth-order valence-electron chi connectivity index (χ4n) is 4.16. The Morgan fingerprint density at radius 2 is 1.31 bits per heavy atom. The summed E-state index contributed by atoms with van der Waals surface area (Å²) in [6.45, 7) is 7.37. The van der Waals surface area contributed by atoms with Crippen LogP contribution in [0.4, 0.5) is 0 Å². The van der Waals surface area contributed by atoms with Gasteiger partial charge in [0.1, 0.15) is 18.1 Å². The predicted molar refractivity (Wildman–Crippen MR) is 148 cm³/mol. The molecule has 0 spiro atoms. The van der Waals surface area contributed by atoms with Gasteiger partial charge in [0.25, 0.3) is 0 Å². The van der Waals surface area contributed by atoms with Crippen molar-refractivity contribution >= 4 is 21.4 Å². The highest BCUT2D eigenvalue weighted by atomic mass is 32.1. The normalized spacial score (nSPS) is 11.5. The van der Waals surface area contributed by atoms with Crippen LogP contribution in [-0.2, 0) is 13.0 Å². The number of thiophene rings is 1. The van der Waals surface area contributed by atoms with Crippen molar-refractivity contribution in [3.8, 4) is 27.7 Å². The number of hydrogen-bond acceptors (Lipinski definition) is 3. The minimum Gasteiger partial charge on any atom is -0.489 e. The summed E-state index contributed by atoms with van der Waals surface area (Å²) in [7, 11) is 0. The molecule has 0 aliphatic heterocycles. The van der Waals surface area contributed by atoms with Gasteiger partial charge >= 0.3 is 0 Å². The lowest BCUT2D eigenvalue weighted by Gasteiger charge is -2.18. The van der Waals surface area contributed by atoms with Gasteiger partial charge < -0.3 is 9.47 Å². The first-order valence-electron chi connectivity index (χ1n) is 12.0. The van der Waals surface area contributed by atoms with Gasteiger partial charge in [-0.3, -0.25) is 0 Å². The van der Waals surface area contributed by atoms with Gasteiger partial charge in [-0.2, -0.15) is 0 Å². The third kappa shape index (κ3) is 5.75. The molecule has 5 rings (SSSR count). The second-order valence-corrected chi connectivity index (χ2v) is 11.1. The molecule has 0 atom stereocenters. The van der Waals surface area contributed by atoms with E-state index in [9.17, 15) is 0 Å². The van der Waals surface area contributed by atoms with E-state index in [-0.39, 0.29) is 5.41 Å². The van der Waals surface area contributed by atoms with Gasteiger partial charge in [0.15, 0.2) is 5.75 Å². The van der Waals surface area contributed by atoms with Crippen LogP contribution in [0.2, 0.25) is 0 Å². The second-order valence-electron chi connectivity index (χ2n) is 10.0. The average Bonchev–Trinajstić information content (AvgIpc) is 3.22. The van der Waals surface area contributed by atoms with Crippen LogP contribution in [0.5, 0.6) is 17.2 Å². The second kappa shape index (κ2) is 9.97. The van der Waals surface area contributed by atoms with Gasteiger partial charge in [0, 0.05) is 10.1 Å². The van der Waals surface area contributed by atoms with Crippen LogP contribution < -0.4 is 9.47 Å². The third-order valence-electron chi connectivity index (χ3n) is 5.79. The highest BCUT2D eigenvalue weighted by molar-refractivity contribution is 7.22. The minimum atomic E-state index is 0.268. The maximum Gasteiger partial charge on any atom is 0.153 e. The lowest BCUT2D eigenvalue weighted by molar-refractivity contribution is 0.306. The van der Waals surface area contributed by atoms with E-state index in [2.05, 4.69) is 81.4 Å². The molecule has 0 amide bonds. The highest BCUT2D eigenvalue weighted by Gasteiger charge is 2.17. The molecule has 0 unspecified atom stereocenters. The molecule has 2 nitrogen and oxygen atoms in total. The van der Waals surface area contributed by atoms with E-state index < -0.39 is 0 Å². The maximum atomic E-state index is 6.50. The summed E-state index contributed by atoms with van der Waals surface area (Å²) in [6, 6.07) is 35.4. The molecule has 35 heavy (non-hydrogen) atoms. The summed E-state index contributed by atoms with van der Waals surface area (Å²) in [5.41, 5.74) is 3.96. The lowest BCUT2D eigenvalue weighted by atomic mass is 9.88. The van der Waals surface area contributed by atoms with Gasteiger partial charge in [-0.1, -0.05) is 87.5 Å². The summed E-state index contributed by atoms with van der Waals surface area (Å²) in [5, 5.41) is 1.13. The summed E-state index contributed by atoms with van der Waals surface area (Å²) in [5.74, 6) is 2.53. The Morgan fingerprint density at radius 1 is 0.657 bits per heavy atom. The zero-order valence-corrected chi connectivity index (χ0v) is 21.3. The first-order chi connectivity index (χ1) is 16.9. The van der Waals surface area contributed by atoms with Crippen molar-refractivity contribution in [2.45, 2.75) is 33.8 Å². The molecular formula is C32H30O2S. The van der Waals surface area contributed by atoms with Crippen LogP contribution in [0.15, 0.2) is 103 Å². The van der Waals surface area contributed by atoms with Gasteiger partial charge in [0.2, 0.25) is 0 Å². The van der Waals surface area contributed by atoms with Crippen molar-refractivity contribution in [2.75, 3.05) is 0 Å². The van der Waals surface area contributed by atoms with Crippen LogP contribution in [0.25, 0.3) is 20.5 Å². The molecule has 1 heterocycles. The van der Waals surface area contributed by atoms with E-state index >= 15 is 0 Å². The quantitative estimate of drug-likeness (QED) is 0.232. The molecule has 0 aliphatic carbocycles. The lowest BCUT2D eigenvalue weighted by Crippen LogP contribution is -2.08. The van der Waals surface area contributed by atoms with Crippen LogP contribution in [0.3, 0.4) is 0 Å². The Balaban J connectivity index is 1.39. The van der Waals surface area contributed by atoms with Crippen molar-refractivity contribution in [1.29, 1.82) is 0 Å². The first-order valence-corrected chi connectivity index (χ1v) is 12.8. The van der Waals surface area contributed by atoms with Crippen molar-refractivity contribution in [2.24, 2.45) is 5.41 Å². The van der Waals surface area contributed by atoms with E-state index in [0.717, 1.165) is 39.5 Å². The first kappa shape index (κ1) is 23.2. The monoisotopic (exact) mass is 478 g/mol. The summed E-state index contributed by atoms with van der Waals surface area (Å²) in [6.07, 6.45) is 1.06. The Kier molecular flexibility index (Phi) is 6.61. The van der Waals surface area contributed by atoms with Crippen molar-refractivity contribution in [3.05, 3.63) is 114 Å². The Labute approximate surface area is 211 Å². The third-order valence-corrected chi connectivity index (χ3v) is 6.99.